The topological polar surface area (TPSA) is 556 Å². The predicted molar refractivity (Wildman–Crippen MR) is 456 cm³/mol. The lowest BCUT2D eigenvalue weighted by Crippen LogP contribution is -2.52. The molecule has 0 saturated carbocycles. The molecule has 45 heteroatoms. The van der Waals surface area contributed by atoms with E-state index in [0.29, 0.717) is 130 Å². The minimum absolute atomic E-state index is 0.0121. The Morgan fingerprint density at radius 2 is 0.631 bits per heavy atom. The van der Waals surface area contributed by atoms with Gasteiger partial charge in [0.1, 0.15) is 95.9 Å². The van der Waals surface area contributed by atoms with Crippen LogP contribution in [0.1, 0.15) is 104 Å². The van der Waals surface area contributed by atoms with Gasteiger partial charge in [-0.25, -0.2) is 0 Å². The van der Waals surface area contributed by atoms with E-state index in [1.807, 2.05) is 38.0 Å². The second kappa shape index (κ2) is 46.7. The lowest BCUT2D eigenvalue weighted by Gasteiger charge is -2.30. The number of amides is 18. The summed E-state index contributed by atoms with van der Waals surface area (Å²) in [5.74, 6) is -10.3. The quantitative estimate of drug-likeness (QED) is 0.0147. The largest absolute Gasteiger partial charge is 0.468 e. The molecule has 12 heterocycles. The molecule has 0 aromatic carbocycles. The molecule has 6 fully saturated rings. The first-order valence-corrected chi connectivity index (χ1v) is 41.3. The van der Waals surface area contributed by atoms with Crippen LogP contribution in [0.2, 0.25) is 0 Å². The highest BCUT2D eigenvalue weighted by atomic mass is 16.5. The van der Waals surface area contributed by atoms with Crippen LogP contribution in [0.3, 0.4) is 0 Å². The number of imide groups is 6. The van der Waals surface area contributed by atoms with Crippen LogP contribution in [0.5, 0.6) is 0 Å². The Kier molecular flexibility index (Phi) is 36.8. The van der Waals surface area contributed by atoms with Gasteiger partial charge in [0, 0.05) is 117 Å². The highest BCUT2D eigenvalue weighted by Gasteiger charge is 2.48. The first kappa shape index (κ1) is 102. The Labute approximate surface area is 748 Å². The Morgan fingerprint density at radius 3 is 0.908 bits per heavy atom. The molecule has 18 amide bonds. The summed E-state index contributed by atoms with van der Waals surface area (Å²) in [6, 6.07) is -4.87. The number of Topliss-reactive ketones (excluding diaryl/α,β-unsaturated/α-hetero) is 1. The van der Waals surface area contributed by atoms with Gasteiger partial charge in [-0.3, -0.25) is 135 Å². The number of ether oxygens (including phenoxy) is 3. The van der Waals surface area contributed by atoms with Gasteiger partial charge in [0.05, 0.1) is 20.8 Å². The van der Waals surface area contributed by atoms with Crippen molar-refractivity contribution in [2.24, 2.45) is 0 Å². The number of likely N-dealkylation sites (N-methyl/N-ethyl adjacent to an activating group) is 3. The van der Waals surface area contributed by atoms with Crippen molar-refractivity contribution in [3.63, 3.8) is 0 Å². The second-order valence-electron chi connectivity index (χ2n) is 31.5. The van der Waals surface area contributed by atoms with Crippen LogP contribution < -0.4 is 53.2 Å². The molecule has 12 aliphatic heterocycles. The Morgan fingerprint density at radius 1 is 0.362 bits per heavy atom. The molecule has 700 valence electrons. The number of piperidine rings is 6. The summed E-state index contributed by atoms with van der Waals surface area (Å²) in [6.07, 6.45) is 13.5. The van der Waals surface area contributed by atoms with Crippen molar-refractivity contribution < 1.29 is 120 Å². The molecule has 6 unspecified atom stereocenters. The molecule has 0 aromatic heterocycles. The normalized spacial score (nSPS) is 22.0. The summed E-state index contributed by atoms with van der Waals surface area (Å²) in [7, 11) is 13.5. The van der Waals surface area contributed by atoms with Gasteiger partial charge in [0.25, 0.3) is 70.9 Å². The molecule has 0 aromatic rings. The maximum atomic E-state index is 12.5. The first-order chi connectivity index (χ1) is 61.3. The molecule has 6 saturated heterocycles. The second-order valence-corrected chi connectivity index (χ2v) is 31.5. The summed E-state index contributed by atoms with van der Waals surface area (Å²) in [6.45, 7) is 27.9. The lowest BCUT2D eigenvalue weighted by atomic mass is 10.0. The Bertz CT molecular complexity index is 4950. The van der Waals surface area contributed by atoms with Crippen molar-refractivity contribution in [2.75, 3.05) is 115 Å². The number of nitrogens with one attached hydrogen (secondary N) is 10. The van der Waals surface area contributed by atoms with Crippen molar-refractivity contribution >= 4 is 130 Å². The number of allylic oxidation sites excluding steroid dienone is 6. The molecule has 0 radical (unpaired) electrons. The minimum atomic E-state index is -0.858. The average molecular weight is 1810 g/mol. The molecular formula is C85H110N20O25. The van der Waals surface area contributed by atoms with Crippen LogP contribution in [-0.4, -0.2) is 331 Å². The summed E-state index contributed by atoms with van der Waals surface area (Å²) in [5, 5.41) is 26.2. The van der Waals surface area contributed by atoms with Crippen LogP contribution >= 0.6 is 0 Å². The molecule has 130 heavy (non-hydrogen) atoms. The molecular weight excluding hydrogens is 1700 g/mol. The summed E-state index contributed by atoms with van der Waals surface area (Å²) in [4.78, 5) is 275. The van der Waals surface area contributed by atoms with Crippen LogP contribution in [0, 0.1) is 0 Å². The number of methoxy groups -OCH3 is 2. The van der Waals surface area contributed by atoms with Crippen LogP contribution in [0.25, 0.3) is 0 Å². The zero-order valence-corrected chi connectivity index (χ0v) is 74.1. The number of carbonyl (C=O) groups is 22. The summed E-state index contributed by atoms with van der Waals surface area (Å²) >= 11 is 0. The number of carbonyl (C=O) groups excluding carboxylic acids is 22. The maximum absolute atomic E-state index is 12.5. The first-order valence-electron chi connectivity index (χ1n) is 41.3. The fourth-order valence-corrected chi connectivity index (χ4v) is 14.2. The maximum Gasteiger partial charge on any atom is 0.325 e. The Balaban J connectivity index is 0.000000213. The zero-order valence-electron chi connectivity index (χ0n) is 74.1. The number of ketones is 1. The third kappa shape index (κ3) is 27.0. The Hall–Kier alpha value is -14.7. The van der Waals surface area contributed by atoms with E-state index in [9.17, 15) is 105 Å². The van der Waals surface area contributed by atoms with Crippen molar-refractivity contribution in [2.45, 2.75) is 140 Å². The van der Waals surface area contributed by atoms with Gasteiger partial charge in [0.2, 0.25) is 35.4 Å². The molecule has 12 rings (SSSR count). The molecule has 6 atom stereocenters. The highest BCUT2D eigenvalue weighted by molar-refractivity contribution is 6.22. The van der Waals surface area contributed by atoms with E-state index in [-0.39, 0.29) is 85.3 Å². The average Bonchev–Trinajstić information content (AvgIpc) is 1.67. The number of hydrogen-bond acceptors (Lipinski definition) is 33. The highest BCUT2D eigenvalue weighted by Crippen LogP contribution is 2.30. The molecule has 10 N–H and O–H groups in total. The molecule has 0 spiro atoms. The fraction of sp³-hybridized carbons (Fsp3) is 0.459. The van der Waals surface area contributed by atoms with E-state index in [2.05, 4.69) is 102 Å². The molecule has 0 aliphatic carbocycles. The smallest absolute Gasteiger partial charge is 0.325 e. The van der Waals surface area contributed by atoms with E-state index in [1.165, 1.54) is 51.3 Å². The van der Waals surface area contributed by atoms with Gasteiger partial charge in [-0.2, -0.15) is 0 Å². The number of rotatable bonds is 29. The van der Waals surface area contributed by atoms with Gasteiger partial charge in [-0.15, -0.1) is 0 Å². The van der Waals surface area contributed by atoms with E-state index in [4.69, 9.17) is 4.74 Å². The van der Waals surface area contributed by atoms with Gasteiger partial charge >= 0.3 is 17.9 Å². The summed E-state index contributed by atoms with van der Waals surface area (Å²) in [5.41, 5.74) is 4.27. The molecule has 0 bridgehead atoms. The lowest BCUT2D eigenvalue weighted by molar-refractivity contribution is -0.147. The van der Waals surface area contributed by atoms with Gasteiger partial charge in [-0.05, 0) is 132 Å². The van der Waals surface area contributed by atoms with E-state index < -0.39 is 149 Å². The standard InChI is InChI=1S/2C15H22N4O3.2C14H17N3O5.C14H17N3O4.C13H15N3O5/c1-10-5-6-11(14(21)16-10)19-13(20)9-12(15(19)22)18(4)8-7-17(2)3;1-10-5-6-12(14(21)17-10)19-13(20)9-11(15(19)22)16-7-4-8-18(2)3;1-8-4-5-9(13(20)15-8)17-11(18)6-10(14(17)21)16(2)7-12(19)22-3;1-3-22-12(19)7-15-9-6-11(18)17(14(9)21)10-5-4-8(2)16-13(10)20;1-8-3-4-11(13(20)16-8)17-12(19)7-10(14(17)21)15-6-5-9(2)18;1-7-3-4-9(12(19)15-7)16-10(17)5-8(13(16)20)14-6-11(18)21-2/h9,11H,1,5-8H2,2-4H3,(H,16,21);9,12,16H,1,4-8H2,2-3H3,(H,17,21);6,9H,1,4-5,7H2,2-3H3,(H,15,20);6,10,15H,2-5,7H2,1H3,(H,16,20);7,11,15H,1,3-6H2,2H3,(H,16,20);5,9,14H,1,3-4,6H2,2H3,(H,15,19). The molecule has 45 nitrogen and oxygen atoms in total. The number of esters is 3. The van der Waals surface area contributed by atoms with Crippen molar-refractivity contribution in [3.05, 3.63) is 144 Å². The number of nitrogens with zero attached hydrogens (tertiary/aromatic N) is 10. The minimum Gasteiger partial charge on any atom is -0.468 e. The van der Waals surface area contributed by atoms with Crippen molar-refractivity contribution in [1.82, 2.24) is 102 Å². The third-order valence-corrected chi connectivity index (χ3v) is 21.1. The van der Waals surface area contributed by atoms with Gasteiger partial charge in [0.15, 0.2) is 0 Å². The van der Waals surface area contributed by atoms with Crippen LogP contribution in [-0.2, 0) is 120 Å². The zero-order chi connectivity index (χ0) is 96.6. The van der Waals surface area contributed by atoms with E-state index in [0.717, 1.165) is 67.1 Å². The number of hydrogen-bond donors (Lipinski definition) is 10. The molecule has 12 aliphatic rings. The van der Waals surface area contributed by atoms with Gasteiger partial charge < -0.3 is 87.0 Å². The van der Waals surface area contributed by atoms with Crippen molar-refractivity contribution in [3.8, 4) is 0 Å². The van der Waals surface area contributed by atoms with Crippen LogP contribution in [0.15, 0.2) is 144 Å². The predicted octanol–water partition coefficient (Wildman–Crippen LogP) is -4.19. The summed E-state index contributed by atoms with van der Waals surface area (Å²) < 4.78 is 13.7. The third-order valence-electron chi connectivity index (χ3n) is 21.1. The van der Waals surface area contributed by atoms with Crippen LogP contribution in [0.4, 0.5) is 0 Å². The SMILES string of the molecule is C=C1CCC(N2C(=O)C=C(N(C)CC(=O)OC)C2=O)C(=O)N1.C=C1CCC(N2C(=O)C=C(N(C)CCN(C)C)C2=O)C(=O)N1.C=C1CCC(N2C(=O)C=C(NCC(=O)OC)C2=O)C(=O)N1.C=C1CCC(N2C(=O)C=C(NCC(=O)OCC)C2=O)C(=O)N1.C=C1CCC(N2C(=O)C=C(NCCC(C)=O)C2=O)C(=O)N1.C=C1CCC(N2C(=O)C=C(NCCCN(C)C)C2=O)C(=O)N1. The van der Waals surface area contributed by atoms with E-state index >= 15 is 0 Å². The fourth-order valence-electron chi connectivity index (χ4n) is 14.2. The van der Waals surface area contributed by atoms with Gasteiger partial charge in [-0.1, -0.05) is 39.5 Å². The van der Waals surface area contributed by atoms with E-state index in [1.54, 1.807) is 18.9 Å². The monoisotopic (exact) mass is 1810 g/mol. The van der Waals surface area contributed by atoms with Crippen molar-refractivity contribution in [1.29, 1.82) is 0 Å².